The summed E-state index contributed by atoms with van der Waals surface area (Å²) in [6, 6.07) is 18.8. The molecule has 0 fully saturated rings. The lowest BCUT2D eigenvalue weighted by atomic mass is 9.98. The molecule has 1 aromatic heterocycles. The third-order valence-corrected chi connectivity index (χ3v) is 9.11. The van der Waals surface area contributed by atoms with Crippen molar-refractivity contribution in [3.05, 3.63) is 133 Å². The number of amides is 2. The highest BCUT2D eigenvalue weighted by molar-refractivity contribution is 9.10. The summed E-state index contributed by atoms with van der Waals surface area (Å²) in [6.45, 7) is 0. The van der Waals surface area contributed by atoms with Crippen LogP contribution in [0.3, 0.4) is 0 Å². The lowest BCUT2D eigenvalue weighted by Gasteiger charge is -2.15. The number of rotatable bonds is 3. The van der Waals surface area contributed by atoms with Gasteiger partial charge in [-0.15, -0.1) is 0 Å². The van der Waals surface area contributed by atoms with Gasteiger partial charge in [0.05, 0.1) is 27.7 Å². The maximum atomic E-state index is 13.7. The highest BCUT2D eigenvalue weighted by Crippen LogP contribution is 2.39. The second-order valence-electron chi connectivity index (χ2n) is 11.1. The van der Waals surface area contributed by atoms with Crippen LogP contribution < -0.4 is 10.5 Å². The second-order valence-corrected chi connectivity index (χ2v) is 12.0. The van der Waals surface area contributed by atoms with E-state index in [1.165, 1.54) is 16.5 Å². The number of allylic oxidation sites excluding steroid dienone is 4. The zero-order valence-corrected chi connectivity index (χ0v) is 24.7. The van der Waals surface area contributed by atoms with Crippen LogP contribution in [0.15, 0.2) is 94.2 Å². The van der Waals surface area contributed by atoms with Gasteiger partial charge in [0.2, 0.25) is 0 Å². The SMILES string of the molecule is Cn1c(C2C(=O)c3cc4cc5c(cc4cc3C2=O)C(=O)N(c2cccc(C3=CC=CC3)c2)C5=O)nc2ccc(Br)cc2c1=O. The zero-order chi connectivity index (χ0) is 30.4. The number of benzene rings is 4. The minimum atomic E-state index is -1.28. The Kier molecular flexibility index (Phi) is 5.61. The van der Waals surface area contributed by atoms with Gasteiger partial charge in [-0.1, -0.05) is 46.3 Å². The number of nitrogens with zero attached hydrogens (tertiary/aromatic N) is 3. The summed E-state index contributed by atoms with van der Waals surface area (Å²) in [4.78, 5) is 73.4. The first-order valence-corrected chi connectivity index (χ1v) is 14.7. The van der Waals surface area contributed by atoms with Crippen molar-refractivity contribution in [1.82, 2.24) is 9.55 Å². The molecule has 0 saturated heterocycles. The zero-order valence-electron chi connectivity index (χ0n) is 23.1. The van der Waals surface area contributed by atoms with E-state index in [1.54, 1.807) is 48.5 Å². The van der Waals surface area contributed by atoms with Crippen LogP contribution in [0.2, 0.25) is 0 Å². The lowest BCUT2D eigenvalue weighted by molar-refractivity contribution is 0.0878. The molecule has 2 heterocycles. The van der Waals surface area contributed by atoms with E-state index in [4.69, 9.17) is 0 Å². The van der Waals surface area contributed by atoms with E-state index in [9.17, 15) is 24.0 Å². The number of Topliss-reactive ketones (excluding diaryl/α,β-unsaturated/α-hetero) is 2. The molecule has 4 aromatic carbocycles. The van der Waals surface area contributed by atoms with Gasteiger partial charge in [0.1, 0.15) is 11.7 Å². The van der Waals surface area contributed by atoms with Crippen LogP contribution in [-0.4, -0.2) is 32.9 Å². The molecule has 0 radical (unpaired) electrons. The number of anilines is 1. The Balaban J connectivity index is 1.19. The largest absolute Gasteiger partial charge is 0.298 e. The molecule has 44 heavy (non-hydrogen) atoms. The molecular weight excluding hydrogens is 622 g/mol. The maximum Gasteiger partial charge on any atom is 0.266 e. The molecule has 9 heteroatoms. The molecule has 3 aliphatic rings. The van der Waals surface area contributed by atoms with Crippen molar-refractivity contribution in [2.75, 3.05) is 4.90 Å². The molecule has 1 aliphatic heterocycles. The van der Waals surface area contributed by atoms with Crippen molar-refractivity contribution in [3.63, 3.8) is 0 Å². The topological polar surface area (TPSA) is 106 Å². The quantitative estimate of drug-likeness (QED) is 0.173. The molecule has 0 saturated carbocycles. The van der Waals surface area contributed by atoms with Gasteiger partial charge in [-0.05, 0) is 82.9 Å². The molecule has 0 atom stereocenters. The summed E-state index contributed by atoms with van der Waals surface area (Å²) in [5.74, 6) is -3.06. The van der Waals surface area contributed by atoms with E-state index in [2.05, 4.69) is 20.9 Å². The van der Waals surface area contributed by atoms with Crippen LogP contribution in [0.25, 0.3) is 27.2 Å². The number of carbonyl (C=O) groups excluding carboxylic acids is 4. The minimum Gasteiger partial charge on any atom is -0.298 e. The van der Waals surface area contributed by atoms with Crippen LogP contribution in [0, 0.1) is 0 Å². The molecule has 8 rings (SSSR count). The third-order valence-electron chi connectivity index (χ3n) is 8.61. The standard InChI is InChI=1S/C35H20BrN3O5/c1-38-32(37-28-10-9-21(36)16-27(28)33(38)42)29-30(40)23-12-19-14-25-26(15-20(19)13-24(23)31(29)41)35(44)39(34(25)43)22-8-4-7-18(11-22)17-5-2-3-6-17/h2-5,7-16,29H,6H2,1H3. The fraction of sp³-hybridized carbons (Fsp3) is 0.0857. The van der Waals surface area contributed by atoms with Crippen LogP contribution >= 0.6 is 15.9 Å². The second kappa shape index (κ2) is 9.36. The summed E-state index contributed by atoms with van der Waals surface area (Å²) in [7, 11) is 1.50. The predicted octanol–water partition coefficient (Wildman–Crippen LogP) is 6.16. The van der Waals surface area contributed by atoms with Crippen molar-refractivity contribution in [1.29, 1.82) is 0 Å². The monoisotopic (exact) mass is 641 g/mol. The maximum absolute atomic E-state index is 13.7. The number of carbonyl (C=O) groups is 4. The Bertz CT molecular complexity index is 2270. The molecule has 2 aliphatic carbocycles. The molecule has 212 valence electrons. The van der Waals surface area contributed by atoms with Gasteiger partial charge < -0.3 is 0 Å². The van der Waals surface area contributed by atoms with Gasteiger partial charge in [0, 0.05) is 22.6 Å². The Hall–Kier alpha value is -5.28. The first-order chi connectivity index (χ1) is 21.2. The fourth-order valence-electron chi connectivity index (χ4n) is 6.37. The molecule has 0 bridgehead atoms. The molecule has 5 aromatic rings. The van der Waals surface area contributed by atoms with Crippen molar-refractivity contribution in [2.24, 2.45) is 7.05 Å². The summed E-state index contributed by atoms with van der Waals surface area (Å²) in [5, 5.41) is 1.46. The Morgan fingerprint density at radius 3 is 2.09 bits per heavy atom. The lowest BCUT2D eigenvalue weighted by Crippen LogP contribution is -2.29. The van der Waals surface area contributed by atoms with E-state index >= 15 is 0 Å². The fourth-order valence-corrected chi connectivity index (χ4v) is 6.73. The number of imide groups is 1. The number of fused-ring (bicyclic) bond motifs is 4. The van der Waals surface area contributed by atoms with Crippen LogP contribution in [0.1, 0.15) is 65.2 Å². The highest BCUT2D eigenvalue weighted by Gasteiger charge is 2.43. The molecular formula is C35H20BrN3O5. The smallest absolute Gasteiger partial charge is 0.266 e. The number of hydrogen-bond donors (Lipinski definition) is 0. The van der Waals surface area contributed by atoms with E-state index in [0.29, 0.717) is 31.8 Å². The van der Waals surface area contributed by atoms with Crippen LogP contribution in [0.5, 0.6) is 0 Å². The van der Waals surface area contributed by atoms with Crippen LogP contribution in [0.4, 0.5) is 5.69 Å². The predicted molar refractivity (Wildman–Crippen MR) is 169 cm³/mol. The van der Waals surface area contributed by atoms with Crippen molar-refractivity contribution < 1.29 is 19.2 Å². The first-order valence-electron chi connectivity index (χ1n) is 13.9. The van der Waals surface area contributed by atoms with Gasteiger partial charge in [0.15, 0.2) is 11.6 Å². The number of halogens is 1. The minimum absolute atomic E-state index is 0.0648. The van der Waals surface area contributed by atoms with E-state index in [0.717, 1.165) is 17.6 Å². The van der Waals surface area contributed by atoms with Crippen LogP contribution in [-0.2, 0) is 7.05 Å². The van der Waals surface area contributed by atoms with E-state index < -0.39 is 29.3 Å². The number of ketones is 2. The van der Waals surface area contributed by atoms with Crippen molar-refractivity contribution in [2.45, 2.75) is 12.3 Å². The normalized spacial score (nSPS) is 16.0. The number of hydrogen-bond acceptors (Lipinski definition) is 6. The van der Waals surface area contributed by atoms with Gasteiger partial charge in [-0.3, -0.25) is 28.5 Å². The average molecular weight is 642 g/mol. The molecule has 8 nitrogen and oxygen atoms in total. The first kappa shape index (κ1) is 26.4. The molecule has 0 unspecified atom stereocenters. The summed E-state index contributed by atoms with van der Waals surface area (Å²) < 4.78 is 1.96. The van der Waals surface area contributed by atoms with Gasteiger partial charge in [0.25, 0.3) is 17.4 Å². The van der Waals surface area contributed by atoms with Crippen molar-refractivity contribution in [3.8, 4) is 0 Å². The molecule has 0 N–H and O–H groups in total. The van der Waals surface area contributed by atoms with Crippen molar-refractivity contribution >= 4 is 72.2 Å². The Morgan fingerprint density at radius 1 is 0.795 bits per heavy atom. The average Bonchev–Trinajstić information content (AvgIpc) is 3.71. The Labute approximate surface area is 258 Å². The van der Waals surface area contributed by atoms with Gasteiger partial charge >= 0.3 is 0 Å². The summed E-state index contributed by atoms with van der Waals surface area (Å²) in [6.07, 6.45) is 6.81. The van der Waals surface area contributed by atoms with Gasteiger partial charge in [-0.2, -0.15) is 0 Å². The summed E-state index contributed by atoms with van der Waals surface area (Å²) >= 11 is 3.36. The number of aromatic nitrogens is 2. The Morgan fingerprint density at radius 2 is 1.45 bits per heavy atom. The van der Waals surface area contributed by atoms with E-state index in [-0.39, 0.29) is 33.6 Å². The summed E-state index contributed by atoms with van der Waals surface area (Å²) in [5.41, 5.74) is 3.37. The molecule has 2 amide bonds. The van der Waals surface area contributed by atoms with E-state index in [1.807, 2.05) is 36.4 Å². The molecule has 0 spiro atoms. The highest BCUT2D eigenvalue weighted by atomic mass is 79.9. The third kappa shape index (κ3) is 3.69. The van der Waals surface area contributed by atoms with Gasteiger partial charge in [-0.25, -0.2) is 9.88 Å².